The Hall–Kier alpha value is -10.4. The lowest BCUT2D eigenvalue weighted by Crippen LogP contribution is -1.95. The van der Waals surface area contributed by atoms with Gasteiger partial charge in [-0.3, -0.25) is 0 Å². The summed E-state index contributed by atoms with van der Waals surface area (Å²) in [7, 11) is 0. The monoisotopic (exact) mass is 984 g/mol. The minimum atomic E-state index is 0.202. The number of hydrogen-bond acceptors (Lipinski definition) is 3. The molecule has 0 fully saturated rings. The molecule has 0 bridgehead atoms. The molecule has 16 rings (SSSR count). The fourth-order valence-electron chi connectivity index (χ4n) is 12.4. The lowest BCUT2D eigenvalue weighted by Gasteiger charge is -2.16. The fraction of sp³-hybridized carbons (Fsp3) is 0. The van der Waals surface area contributed by atoms with E-state index in [1.807, 2.05) is 36.4 Å². The zero-order valence-electron chi connectivity index (χ0n) is 41.5. The first-order chi connectivity index (χ1) is 38.1. The minimum absolute atomic E-state index is 0.202. The smallest absolute Gasteiger partial charge is 0.140 e. The number of hydrogen-bond donors (Lipinski definition) is 1. The molecule has 4 aromatic heterocycles. The molecule has 0 saturated carbocycles. The van der Waals surface area contributed by atoms with Gasteiger partial charge in [0.25, 0.3) is 0 Å². The molecule has 0 saturated heterocycles. The van der Waals surface area contributed by atoms with Crippen molar-refractivity contribution in [1.82, 2.24) is 9.13 Å². The lowest BCUT2D eigenvalue weighted by molar-refractivity contribution is 0.480. The van der Waals surface area contributed by atoms with Crippen molar-refractivity contribution < 1.29 is 13.9 Å². The van der Waals surface area contributed by atoms with Gasteiger partial charge in [-0.1, -0.05) is 164 Å². The van der Waals surface area contributed by atoms with Crippen LogP contribution in [-0.4, -0.2) is 14.2 Å². The topological polar surface area (TPSA) is 56.4 Å². The standard InChI is InChI=1S/C72H44N2O3/c75-63-43-55(49-32-38-67-57(42-49)54-26-14-16-28-65(54)77-67)69(45-19-7-2-8-20-45)71-59-40-47(30-35-61(59)74(72(63)71)51-23-11-4-12-24-51)46-29-34-60-58(39-46)70-62(73(60)50-21-9-3-10-22-50)36-33-52(68(70)44-17-5-1-6-18-44)48-31-37-66-56(41-48)53-25-13-15-27-64(53)76-66/h1-43,75H. The van der Waals surface area contributed by atoms with Crippen LogP contribution in [0.2, 0.25) is 0 Å². The Morgan fingerprint density at radius 2 is 0.688 bits per heavy atom. The maximum Gasteiger partial charge on any atom is 0.140 e. The van der Waals surface area contributed by atoms with Crippen molar-refractivity contribution >= 4 is 87.5 Å². The zero-order chi connectivity index (χ0) is 50.7. The third-order valence-corrected chi connectivity index (χ3v) is 15.8. The first-order valence-electron chi connectivity index (χ1n) is 26.1. The summed E-state index contributed by atoms with van der Waals surface area (Å²) in [6.45, 7) is 0. The highest BCUT2D eigenvalue weighted by atomic mass is 16.3. The number of benzene rings is 12. The van der Waals surface area contributed by atoms with E-state index in [9.17, 15) is 5.11 Å². The normalized spacial score (nSPS) is 11.9. The van der Waals surface area contributed by atoms with Crippen molar-refractivity contribution in [1.29, 1.82) is 0 Å². The number of para-hydroxylation sites is 4. The van der Waals surface area contributed by atoms with Gasteiger partial charge in [-0.05, 0) is 153 Å². The molecule has 0 amide bonds. The van der Waals surface area contributed by atoms with Crippen LogP contribution < -0.4 is 0 Å². The number of phenolic OH excluding ortho intramolecular Hbond substituents is 1. The molecular weight excluding hydrogens is 941 g/mol. The van der Waals surface area contributed by atoms with Gasteiger partial charge in [-0.2, -0.15) is 0 Å². The van der Waals surface area contributed by atoms with Crippen LogP contribution in [0.3, 0.4) is 0 Å². The number of aromatic hydroxyl groups is 1. The molecule has 4 heterocycles. The van der Waals surface area contributed by atoms with Crippen molar-refractivity contribution in [2.24, 2.45) is 0 Å². The van der Waals surface area contributed by atoms with Crippen molar-refractivity contribution in [3.8, 4) is 72.8 Å². The summed E-state index contributed by atoms with van der Waals surface area (Å²) in [5, 5.41) is 21.3. The number of fused-ring (bicyclic) bond motifs is 12. The quantitative estimate of drug-likeness (QED) is 0.173. The van der Waals surface area contributed by atoms with Gasteiger partial charge in [0.1, 0.15) is 28.1 Å². The van der Waals surface area contributed by atoms with E-state index < -0.39 is 0 Å². The van der Waals surface area contributed by atoms with Crippen molar-refractivity contribution in [3.05, 3.63) is 261 Å². The highest BCUT2D eigenvalue weighted by molar-refractivity contribution is 6.23. The molecule has 0 aliphatic heterocycles. The third kappa shape index (κ3) is 6.60. The Labute approximate surface area is 442 Å². The van der Waals surface area contributed by atoms with E-state index >= 15 is 0 Å². The maximum absolute atomic E-state index is 12.6. The summed E-state index contributed by atoms with van der Waals surface area (Å²) in [5.41, 5.74) is 20.2. The molecule has 5 nitrogen and oxygen atoms in total. The largest absolute Gasteiger partial charge is 0.506 e. The Kier molecular flexibility index (Phi) is 9.42. The van der Waals surface area contributed by atoms with Crippen LogP contribution in [0.1, 0.15) is 0 Å². The number of phenols is 1. The van der Waals surface area contributed by atoms with Gasteiger partial charge in [0.05, 0.1) is 22.1 Å². The Balaban J connectivity index is 0.982. The second-order valence-corrected chi connectivity index (χ2v) is 20.1. The molecule has 77 heavy (non-hydrogen) atoms. The Bertz CT molecular complexity index is 5020. The van der Waals surface area contributed by atoms with E-state index in [4.69, 9.17) is 8.83 Å². The minimum Gasteiger partial charge on any atom is -0.506 e. The third-order valence-electron chi connectivity index (χ3n) is 15.8. The number of rotatable bonds is 7. The van der Waals surface area contributed by atoms with Crippen LogP contribution in [0.4, 0.5) is 0 Å². The van der Waals surface area contributed by atoms with Crippen molar-refractivity contribution in [3.63, 3.8) is 0 Å². The first kappa shape index (κ1) is 43.1. The Morgan fingerprint density at radius 3 is 1.26 bits per heavy atom. The molecule has 1 N–H and O–H groups in total. The predicted molar refractivity (Wildman–Crippen MR) is 319 cm³/mol. The summed E-state index contributed by atoms with van der Waals surface area (Å²) in [4.78, 5) is 0. The van der Waals surface area contributed by atoms with E-state index in [-0.39, 0.29) is 5.75 Å². The van der Waals surface area contributed by atoms with Crippen LogP contribution >= 0.6 is 0 Å². The number of aromatic nitrogens is 2. The molecule has 0 aliphatic carbocycles. The number of nitrogens with zero attached hydrogens (tertiary/aromatic N) is 2. The molecule has 5 heteroatoms. The van der Waals surface area contributed by atoms with E-state index in [0.717, 1.165) is 144 Å². The van der Waals surface area contributed by atoms with Crippen molar-refractivity contribution in [2.45, 2.75) is 0 Å². The molecule has 0 radical (unpaired) electrons. The van der Waals surface area contributed by atoms with Gasteiger partial charge >= 0.3 is 0 Å². The first-order valence-corrected chi connectivity index (χ1v) is 26.1. The average Bonchev–Trinajstić information content (AvgIpc) is 4.41. The van der Waals surface area contributed by atoms with E-state index in [1.54, 1.807) is 0 Å². The number of furan rings is 2. The van der Waals surface area contributed by atoms with Gasteiger partial charge in [0.15, 0.2) is 0 Å². The predicted octanol–water partition coefficient (Wildman–Crippen LogP) is 19.7. The van der Waals surface area contributed by atoms with Gasteiger partial charge in [0, 0.05) is 54.5 Å². The molecule has 360 valence electrons. The summed E-state index contributed by atoms with van der Waals surface area (Å²) in [5.74, 6) is 0.202. The maximum atomic E-state index is 12.6. The van der Waals surface area contributed by atoms with Crippen LogP contribution in [0.15, 0.2) is 270 Å². The second kappa shape index (κ2) is 16.8. The molecular formula is C72H44N2O3. The van der Waals surface area contributed by atoms with Crippen molar-refractivity contribution in [2.75, 3.05) is 0 Å². The van der Waals surface area contributed by atoms with Crippen LogP contribution in [0.25, 0.3) is 154 Å². The average molecular weight is 985 g/mol. The van der Waals surface area contributed by atoms with Crippen LogP contribution in [-0.2, 0) is 0 Å². The second-order valence-electron chi connectivity index (χ2n) is 20.1. The molecule has 12 aromatic carbocycles. The highest BCUT2D eigenvalue weighted by Gasteiger charge is 2.26. The SMILES string of the molecule is Oc1cc(-c2ccc3oc4ccccc4c3c2)c(-c2ccccc2)c2c3cc(-c4ccc5c(c4)c4c(-c6ccccc6)c(-c6ccc7oc8ccccc8c7c6)ccc4n5-c4ccccc4)ccc3n(-c3ccccc3)c12. The molecule has 0 unspecified atom stereocenters. The molecule has 0 aliphatic rings. The summed E-state index contributed by atoms with van der Waals surface area (Å²) in [6, 6.07) is 92.3. The Morgan fingerprint density at radius 1 is 0.273 bits per heavy atom. The van der Waals surface area contributed by atoms with E-state index in [1.165, 1.54) is 10.9 Å². The summed E-state index contributed by atoms with van der Waals surface area (Å²) < 4.78 is 17.3. The summed E-state index contributed by atoms with van der Waals surface area (Å²) >= 11 is 0. The highest BCUT2D eigenvalue weighted by Crippen LogP contribution is 2.50. The molecule has 0 atom stereocenters. The van der Waals surface area contributed by atoms with E-state index in [0.29, 0.717) is 0 Å². The zero-order valence-corrected chi connectivity index (χ0v) is 41.5. The van der Waals surface area contributed by atoms with Gasteiger partial charge in [-0.25, -0.2) is 0 Å². The van der Waals surface area contributed by atoms with Crippen LogP contribution in [0, 0.1) is 0 Å². The van der Waals surface area contributed by atoms with Gasteiger partial charge in [0.2, 0.25) is 0 Å². The van der Waals surface area contributed by atoms with Gasteiger partial charge in [-0.15, -0.1) is 0 Å². The summed E-state index contributed by atoms with van der Waals surface area (Å²) in [6.07, 6.45) is 0. The lowest BCUT2D eigenvalue weighted by atomic mass is 9.89. The fourth-order valence-corrected chi connectivity index (χ4v) is 12.4. The van der Waals surface area contributed by atoms with Crippen LogP contribution in [0.5, 0.6) is 5.75 Å². The van der Waals surface area contributed by atoms with Gasteiger partial charge < -0.3 is 23.1 Å². The molecule has 16 aromatic rings. The molecule has 0 spiro atoms. The van der Waals surface area contributed by atoms with E-state index in [2.05, 4.69) is 234 Å².